The van der Waals surface area contributed by atoms with E-state index in [-0.39, 0.29) is 0 Å². The Labute approximate surface area is 49.2 Å². The van der Waals surface area contributed by atoms with Gasteiger partial charge in [0.05, 0.1) is 13.2 Å². The van der Waals surface area contributed by atoms with Gasteiger partial charge in [0, 0.05) is 12.1 Å². The van der Waals surface area contributed by atoms with Gasteiger partial charge in [-0.05, 0) is 12.8 Å². The van der Waals surface area contributed by atoms with Gasteiger partial charge in [0.1, 0.15) is 0 Å². The number of hydrogen-bond acceptors (Lipinski definition) is 2. The molecule has 2 aliphatic rings. The summed E-state index contributed by atoms with van der Waals surface area (Å²) in [5.74, 6) is 0. The number of nitrogens with one attached hydrogen (secondary N) is 1. The first-order valence-electron chi connectivity index (χ1n) is 3.29. The first-order chi connectivity index (χ1) is 3.95. The van der Waals surface area contributed by atoms with Crippen molar-refractivity contribution in [2.24, 2.45) is 0 Å². The maximum absolute atomic E-state index is 5.29. The summed E-state index contributed by atoms with van der Waals surface area (Å²) in [6, 6.07) is 1.38. The highest BCUT2D eigenvalue weighted by Crippen LogP contribution is 2.16. The van der Waals surface area contributed by atoms with Crippen molar-refractivity contribution in [2.75, 3.05) is 13.2 Å². The van der Waals surface area contributed by atoms with Crippen LogP contribution in [0.5, 0.6) is 0 Å². The summed E-state index contributed by atoms with van der Waals surface area (Å²) >= 11 is 0. The fraction of sp³-hybridized carbons (Fsp3) is 1.00. The molecule has 0 amide bonds. The molecule has 2 heterocycles. The zero-order valence-electron chi connectivity index (χ0n) is 4.89. The molecule has 0 aromatic carbocycles. The third-order valence-electron chi connectivity index (χ3n) is 1.97. The second kappa shape index (κ2) is 1.71. The summed E-state index contributed by atoms with van der Waals surface area (Å²) in [5, 5.41) is 3.47. The molecule has 2 rings (SSSR count). The molecule has 8 heavy (non-hydrogen) atoms. The van der Waals surface area contributed by atoms with Gasteiger partial charge >= 0.3 is 0 Å². The lowest BCUT2D eigenvalue weighted by Gasteiger charge is -2.20. The standard InChI is InChI=1S/C6H11NO/c1-2-6-4-8-3-5(1)7-6/h5-7H,1-4H2/t5-,6-/m0/s1. The van der Waals surface area contributed by atoms with Crippen molar-refractivity contribution in [1.29, 1.82) is 0 Å². The molecule has 2 aliphatic heterocycles. The number of morpholine rings is 1. The van der Waals surface area contributed by atoms with Crippen LogP contribution >= 0.6 is 0 Å². The Morgan fingerprint density at radius 2 is 1.75 bits per heavy atom. The van der Waals surface area contributed by atoms with Crippen LogP contribution in [-0.4, -0.2) is 25.3 Å². The van der Waals surface area contributed by atoms with Gasteiger partial charge in [0.25, 0.3) is 0 Å². The highest BCUT2D eigenvalue weighted by atomic mass is 16.5. The lowest BCUT2D eigenvalue weighted by atomic mass is 10.2. The molecule has 2 saturated heterocycles. The molecule has 2 atom stereocenters. The van der Waals surface area contributed by atoms with Crippen LogP contribution in [0.25, 0.3) is 0 Å². The summed E-state index contributed by atoms with van der Waals surface area (Å²) in [6.07, 6.45) is 2.65. The Morgan fingerprint density at radius 1 is 1.12 bits per heavy atom. The maximum Gasteiger partial charge on any atom is 0.0620 e. The monoisotopic (exact) mass is 113 g/mol. The van der Waals surface area contributed by atoms with E-state index >= 15 is 0 Å². The van der Waals surface area contributed by atoms with Gasteiger partial charge in [-0.2, -0.15) is 0 Å². The number of ether oxygens (including phenoxy) is 1. The zero-order chi connectivity index (χ0) is 5.40. The molecule has 0 aromatic rings. The Morgan fingerprint density at radius 3 is 2.25 bits per heavy atom. The fourth-order valence-corrected chi connectivity index (χ4v) is 1.52. The smallest absolute Gasteiger partial charge is 0.0620 e. The molecule has 2 bridgehead atoms. The summed E-state index contributed by atoms with van der Waals surface area (Å²) in [6.45, 7) is 1.88. The normalized spacial score (nSPS) is 45.0. The first kappa shape index (κ1) is 4.77. The minimum absolute atomic E-state index is 0.689. The van der Waals surface area contributed by atoms with Gasteiger partial charge in [-0.15, -0.1) is 0 Å². The van der Waals surface area contributed by atoms with E-state index in [0.717, 1.165) is 13.2 Å². The zero-order valence-corrected chi connectivity index (χ0v) is 4.89. The van der Waals surface area contributed by atoms with Crippen LogP contribution in [0, 0.1) is 0 Å². The van der Waals surface area contributed by atoms with Crippen molar-refractivity contribution >= 4 is 0 Å². The van der Waals surface area contributed by atoms with Crippen molar-refractivity contribution in [2.45, 2.75) is 24.9 Å². The summed E-state index contributed by atoms with van der Waals surface area (Å²) in [5.41, 5.74) is 0. The quantitative estimate of drug-likeness (QED) is 0.482. The van der Waals surface area contributed by atoms with Crippen LogP contribution < -0.4 is 5.32 Å². The van der Waals surface area contributed by atoms with E-state index in [4.69, 9.17) is 4.74 Å². The van der Waals surface area contributed by atoms with Crippen molar-refractivity contribution in [3.05, 3.63) is 0 Å². The van der Waals surface area contributed by atoms with Gasteiger partial charge in [0.2, 0.25) is 0 Å². The SMILES string of the molecule is C1C[C@H]2COC[C@H]1N2. The van der Waals surface area contributed by atoms with Crippen LogP contribution in [0.15, 0.2) is 0 Å². The average Bonchev–Trinajstić information content (AvgIpc) is 2.12. The molecule has 0 spiro atoms. The van der Waals surface area contributed by atoms with E-state index in [1.54, 1.807) is 0 Å². The molecular weight excluding hydrogens is 102 g/mol. The van der Waals surface area contributed by atoms with Crippen molar-refractivity contribution in [3.8, 4) is 0 Å². The molecule has 0 unspecified atom stereocenters. The summed E-state index contributed by atoms with van der Waals surface area (Å²) in [4.78, 5) is 0. The number of fused-ring (bicyclic) bond motifs is 2. The number of hydrogen-bond donors (Lipinski definition) is 1. The van der Waals surface area contributed by atoms with Crippen LogP contribution in [0.2, 0.25) is 0 Å². The van der Waals surface area contributed by atoms with Gasteiger partial charge < -0.3 is 10.1 Å². The topological polar surface area (TPSA) is 21.3 Å². The van der Waals surface area contributed by atoms with Crippen molar-refractivity contribution in [1.82, 2.24) is 5.32 Å². The van der Waals surface area contributed by atoms with Crippen molar-refractivity contribution < 1.29 is 4.74 Å². The van der Waals surface area contributed by atoms with E-state index < -0.39 is 0 Å². The Hall–Kier alpha value is -0.0800. The molecule has 2 nitrogen and oxygen atoms in total. The summed E-state index contributed by atoms with van der Waals surface area (Å²) in [7, 11) is 0. The third kappa shape index (κ3) is 0.644. The van der Waals surface area contributed by atoms with E-state index in [1.807, 2.05) is 0 Å². The van der Waals surface area contributed by atoms with Gasteiger partial charge in [0.15, 0.2) is 0 Å². The predicted octanol–water partition coefficient (Wildman–Crippen LogP) is 0.137. The lowest BCUT2D eigenvalue weighted by Crippen LogP contribution is -2.41. The lowest BCUT2D eigenvalue weighted by molar-refractivity contribution is 0.0728. The highest BCUT2D eigenvalue weighted by molar-refractivity contribution is 4.86. The van der Waals surface area contributed by atoms with Crippen LogP contribution in [0.1, 0.15) is 12.8 Å². The van der Waals surface area contributed by atoms with Crippen LogP contribution in [0.3, 0.4) is 0 Å². The predicted molar refractivity (Wildman–Crippen MR) is 30.8 cm³/mol. The van der Waals surface area contributed by atoms with E-state index in [9.17, 15) is 0 Å². The largest absolute Gasteiger partial charge is 0.378 e. The molecule has 2 heteroatoms. The molecular formula is C6H11NO. The second-order valence-electron chi connectivity index (χ2n) is 2.68. The second-order valence-corrected chi connectivity index (χ2v) is 2.68. The first-order valence-corrected chi connectivity index (χ1v) is 3.29. The minimum atomic E-state index is 0.689. The Bertz CT molecular complexity index is 80.5. The molecule has 46 valence electrons. The molecule has 0 radical (unpaired) electrons. The Balaban J connectivity index is 2.03. The van der Waals surface area contributed by atoms with Gasteiger partial charge in [-0.25, -0.2) is 0 Å². The molecule has 1 N–H and O–H groups in total. The van der Waals surface area contributed by atoms with E-state index in [1.165, 1.54) is 12.8 Å². The van der Waals surface area contributed by atoms with Crippen LogP contribution in [0.4, 0.5) is 0 Å². The molecule has 0 aromatic heterocycles. The fourth-order valence-electron chi connectivity index (χ4n) is 1.52. The summed E-state index contributed by atoms with van der Waals surface area (Å²) < 4.78 is 5.29. The van der Waals surface area contributed by atoms with E-state index in [0.29, 0.717) is 12.1 Å². The van der Waals surface area contributed by atoms with Crippen LogP contribution in [-0.2, 0) is 4.74 Å². The van der Waals surface area contributed by atoms with Gasteiger partial charge in [-0.3, -0.25) is 0 Å². The minimum Gasteiger partial charge on any atom is -0.378 e. The number of rotatable bonds is 0. The van der Waals surface area contributed by atoms with E-state index in [2.05, 4.69) is 5.32 Å². The highest BCUT2D eigenvalue weighted by Gasteiger charge is 2.27. The Kier molecular flexibility index (Phi) is 1.02. The maximum atomic E-state index is 5.29. The average molecular weight is 113 g/mol. The van der Waals surface area contributed by atoms with Gasteiger partial charge in [-0.1, -0.05) is 0 Å². The third-order valence-corrected chi connectivity index (χ3v) is 1.97. The van der Waals surface area contributed by atoms with Crippen molar-refractivity contribution in [3.63, 3.8) is 0 Å². The molecule has 0 aliphatic carbocycles. The molecule has 0 saturated carbocycles. The molecule has 2 fully saturated rings.